The average molecular weight is 154 g/mol. The first kappa shape index (κ1) is 8.25. The van der Waals surface area contributed by atoms with Crippen molar-refractivity contribution in [3.8, 4) is 0 Å². The van der Waals surface area contributed by atoms with E-state index < -0.39 is 6.65 Å². The largest absolute Gasteiger partial charge is 0.293 e. The molecule has 8 heavy (non-hydrogen) atoms. The second kappa shape index (κ2) is 3.31. The Morgan fingerprint density at radius 3 is 2.62 bits per heavy atom. The fourth-order valence-electron chi connectivity index (χ4n) is 0.186. The van der Waals surface area contributed by atoms with E-state index >= 15 is 0 Å². The minimum absolute atomic E-state index is 0.421. The predicted molar refractivity (Wildman–Crippen MR) is 37.3 cm³/mol. The van der Waals surface area contributed by atoms with Gasteiger partial charge < -0.3 is 0 Å². The molecule has 0 bridgehead atoms. The van der Waals surface area contributed by atoms with Crippen molar-refractivity contribution in [3.63, 3.8) is 0 Å². The molecule has 0 aliphatic rings. The minimum atomic E-state index is -3.34. The molecule has 1 atom stereocenters. The third-order valence-electron chi connectivity index (χ3n) is 0.423. The molecular weight excluding hydrogens is 146 g/mol. The molecule has 0 heterocycles. The van der Waals surface area contributed by atoms with Gasteiger partial charge in [0.15, 0.2) is 0 Å². The molecule has 0 N–H and O–H groups in total. The molecule has 1 nitrogen and oxygen atoms in total. The van der Waals surface area contributed by atoms with Crippen molar-refractivity contribution in [2.75, 3.05) is 12.4 Å². The summed E-state index contributed by atoms with van der Waals surface area (Å²) in [6.45, 7) is 1.12. The molecule has 48 valence electrons. The summed E-state index contributed by atoms with van der Waals surface area (Å²) in [5.74, 6) is 0.421. The van der Waals surface area contributed by atoms with Crippen LogP contribution in [-0.4, -0.2) is 12.4 Å². The van der Waals surface area contributed by atoms with Gasteiger partial charge in [0.1, 0.15) is 0 Å². The van der Waals surface area contributed by atoms with Crippen molar-refractivity contribution in [2.45, 2.75) is 0 Å². The van der Waals surface area contributed by atoms with Gasteiger partial charge in [0.05, 0.1) is 0 Å². The van der Waals surface area contributed by atoms with E-state index in [1.54, 1.807) is 0 Å². The zero-order valence-corrected chi connectivity index (χ0v) is 6.34. The Bertz CT molecular complexity index is 119. The Labute approximate surface area is 52.6 Å². The molecule has 0 aliphatic carbocycles. The van der Waals surface area contributed by atoms with Crippen LogP contribution in [0, 0.1) is 0 Å². The molecule has 0 aliphatic heterocycles. The first-order valence-electron chi connectivity index (χ1n) is 2.09. The smallest absolute Gasteiger partial charge is 0.276 e. The Morgan fingerprint density at radius 1 is 2.00 bits per heavy atom. The van der Waals surface area contributed by atoms with E-state index in [0.717, 1.165) is 18.0 Å². The van der Waals surface area contributed by atoms with E-state index in [1.165, 1.54) is 6.08 Å². The van der Waals surface area contributed by atoms with Crippen molar-refractivity contribution >= 4 is 18.0 Å². The summed E-state index contributed by atoms with van der Waals surface area (Å²) in [5, 5.41) is 0. The second-order valence-electron chi connectivity index (χ2n) is 1.33. The Kier molecular flexibility index (Phi) is 3.41. The second-order valence-corrected chi connectivity index (χ2v) is 6.15. The van der Waals surface area contributed by atoms with Crippen LogP contribution >= 0.6 is 18.0 Å². The lowest BCUT2D eigenvalue weighted by Crippen LogP contribution is -1.64. The van der Waals surface area contributed by atoms with Gasteiger partial charge in [-0.2, -0.15) is 4.20 Å². The van der Waals surface area contributed by atoms with E-state index in [2.05, 4.69) is 6.58 Å². The molecule has 0 radical (unpaired) electrons. The molecular formula is C4H8FOPS. The number of hydrogen-bond donors (Lipinski definition) is 0. The van der Waals surface area contributed by atoms with Crippen molar-refractivity contribution < 1.29 is 8.76 Å². The lowest BCUT2D eigenvalue weighted by atomic mass is 10.8. The summed E-state index contributed by atoms with van der Waals surface area (Å²) < 4.78 is 22.3. The number of hydrogen-bond acceptors (Lipinski definition) is 2. The molecule has 0 aromatic heterocycles. The zero-order chi connectivity index (χ0) is 6.62. The fourth-order valence-corrected chi connectivity index (χ4v) is 1.67. The van der Waals surface area contributed by atoms with Gasteiger partial charge in [-0.15, -0.1) is 6.58 Å². The summed E-state index contributed by atoms with van der Waals surface area (Å²) >= 11 is 0.804. The summed E-state index contributed by atoms with van der Waals surface area (Å²) in [7, 11) is 0. The summed E-state index contributed by atoms with van der Waals surface area (Å²) in [6, 6.07) is 0. The van der Waals surface area contributed by atoms with Crippen LogP contribution in [-0.2, 0) is 4.57 Å². The predicted octanol–water partition coefficient (Wildman–Crippen LogP) is 2.70. The monoisotopic (exact) mass is 154 g/mol. The first-order valence-corrected chi connectivity index (χ1v) is 5.72. The highest BCUT2D eigenvalue weighted by atomic mass is 32.7. The Hall–Kier alpha value is 0.250. The van der Waals surface area contributed by atoms with Gasteiger partial charge >= 0.3 is 0 Å². The van der Waals surface area contributed by atoms with Crippen molar-refractivity contribution in [2.24, 2.45) is 0 Å². The fraction of sp³-hybridized carbons (Fsp3) is 0.500. The zero-order valence-electron chi connectivity index (χ0n) is 4.63. The summed E-state index contributed by atoms with van der Waals surface area (Å²) in [4.78, 5) is 0. The molecule has 0 aromatic rings. The van der Waals surface area contributed by atoms with E-state index in [9.17, 15) is 8.76 Å². The van der Waals surface area contributed by atoms with Gasteiger partial charge in [0.2, 0.25) is 0 Å². The van der Waals surface area contributed by atoms with E-state index in [1.807, 2.05) is 0 Å². The molecule has 0 amide bonds. The molecule has 4 heteroatoms. The first-order chi connectivity index (χ1) is 3.56. The standard InChI is InChI=1S/C4H8FOPS/c1-3-4-8-7(2,5)6/h3H,1,4H2,2H3. The van der Waals surface area contributed by atoms with Crippen LogP contribution in [0.3, 0.4) is 0 Å². The van der Waals surface area contributed by atoms with Crippen LogP contribution in [0.4, 0.5) is 4.20 Å². The maximum atomic E-state index is 12.0. The molecule has 0 rings (SSSR count). The lowest BCUT2D eigenvalue weighted by Gasteiger charge is -1.95. The SMILES string of the molecule is C=CCSP(C)(=O)F. The highest BCUT2D eigenvalue weighted by molar-refractivity contribution is 8.56. The van der Waals surface area contributed by atoms with Crippen LogP contribution in [0.1, 0.15) is 0 Å². The lowest BCUT2D eigenvalue weighted by molar-refractivity contribution is 0.560. The number of halogens is 1. The van der Waals surface area contributed by atoms with Gasteiger partial charge in [-0.25, -0.2) is 0 Å². The molecule has 0 fully saturated rings. The molecule has 1 unspecified atom stereocenters. The third-order valence-corrected chi connectivity index (χ3v) is 3.10. The molecule has 0 spiro atoms. The average Bonchev–Trinajstić information content (AvgIpc) is 1.59. The van der Waals surface area contributed by atoms with Gasteiger partial charge in [-0.3, -0.25) is 4.57 Å². The summed E-state index contributed by atoms with van der Waals surface area (Å²) in [6.07, 6.45) is 1.53. The Morgan fingerprint density at radius 2 is 2.50 bits per heavy atom. The van der Waals surface area contributed by atoms with Crippen LogP contribution in [0.15, 0.2) is 12.7 Å². The van der Waals surface area contributed by atoms with Gasteiger partial charge in [0.25, 0.3) is 6.65 Å². The van der Waals surface area contributed by atoms with Gasteiger partial charge in [-0.05, 0) is 0 Å². The van der Waals surface area contributed by atoms with E-state index in [-0.39, 0.29) is 0 Å². The minimum Gasteiger partial charge on any atom is -0.276 e. The van der Waals surface area contributed by atoms with Crippen molar-refractivity contribution in [1.29, 1.82) is 0 Å². The van der Waals surface area contributed by atoms with Crippen LogP contribution < -0.4 is 0 Å². The Balaban J connectivity index is 3.40. The van der Waals surface area contributed by atoms with Crippen LogP contribution in [0.25, 0.3) is 0 Å². The topological polar surface area (TPSA) is 17.1 Å². The van der Waals surface area contributed by atoms with E-state index in [4.69, 9.17) is 0 Å². The highest BCUT2D eigenvalue weighted by Gasteiger charge is 2.09. The molecule has 0 saturated heterocycles. The maximum Gasteiger partial charge on any atom is 0.293 e. The van der Waals surface area contributed by atoms with Crippen molar-refractivity contribution in [3.05, 3.63) is 12.7 Å². The quantitative estimate of drug-likeness (QED) is 0.459. The normalized spacial score (nSPS) is 17.2. The summed E-state index contributed by atoms with van der Waals surface area (Å²) in [5.41, 5.74) is 0. The highest BCUT2D eigenvalue weighted by Crippen LogP contribution is 2.56. The third kappa shape index (κ3) is 6.25. The number of rotatable bonds is 3. The maximum absolute atomic E-state index is 12.0. The molecule has 0 aromatic carbocycles. The van der Waals surface area contributed by atoms with E-state index in [0.29, 0.717) is 5.75 Å². The van der Waals surface area contributed by atoms with Gasteiger partial charge in [0, 0.05) is 12.4 Å². The van der Waals surface area contributed by atoms with Crippen LogP contribution in [0.2, 0.25) is 0 Å². The van der Waals surface area contributed by atoms with Crippen molar-refractivity contribution in [1.82, 2.24) is 0 Å². The molecule has 0 saturated carbocycles. The van der Waals surface area contributed by atoms with Crippen LogP contribution in [0.5, 0.6) is 0 Å². The van der Waals surface area contributed by atoms with Gasteiger partial charge in [-0.1, -0.05) is 17.5 Å².